The molecular formula is C23H40IN5O2. The van der Waals surface area contributed by atoms with Crippen LogP contribution in [0.25, 0.3) is 0 Å². The summed E-state index contributed by atoms with van der Waals surface area (Å²) in [7, 11) is 1.79. The quantitative estimate of drug-likeness (QED) is 0.183. The van der Waals surface area contributed by atoms with Crippen molar-refractivity contribution in [2.24, 2.45) is 10.9 Å². The second-order valence-corrected chi connectivity index (χ2v) is 8.07. The lowest BCUT2D eigenvalue weighted by Gasteiger charge is -2.37. The smallest absolute Gasteiger partial charge is 0.251 e. The van der Waals surface area contributed by atoms with Gasteiger partial charge in [0.05, 0.1) is 13.2 Å². The number of hydrogen-bond donors (Lipinski definition) is 3. The van der Waals surface area contributed by atoms with Gasteiger partial charge in [-0.3, -0.25) is 14.7 Å². The summed E-state index contributed by atoms with van der Waals surface area (Å²) in [6, 6.07) is 8.17. The predicted molar refractivity (Wildman–Crippen MR) is 138 cm³/mol. The topological polar surface area (TPSA) is 78.0 Å². The largest absolute Gasteiger partial charge is 0.379 e. The SMILES string of the molecule is CCCCNC(=O)c1ccc(CNC(=NC)NCC(C(C)C)N2CCOCC2)cc1.I. The van der Waals surface area contributed by atoms with Crippen molar-refractivity contribution in [3.8, 4) is 0 Å². The van der Waals surface area contributed by atoms with Gasteiger partial charge in [-0.25, -0.2) is 0 Å². The van der Waals surface area contributed by atoms with Gasteiger partial charge in [0, 0.05) is 51.4 Å². The number of rotatable bonds is 10. The molecule has 0 aromatic heterocycles. The van der Waals surface area contributed by atoms with E-state index in [1.165, 1.54) is 0 Å². The lowest BCUT2D eigenvalue weighted by Crippen LogP contribution is -2.52. The second kappa shape index (κ2) is 15.4. The summed E-state index contributed by atoms with van der Waals surface area (Å²) in [6.45, 7) is 12.4. The first-order chi connectivity index (χ1) is 14.5. The Balaban J connectivity index is 0.00000480. The van der Waals surface area contributed by atoms with Crippen LogP contribution in [0.15, 0.2) is 29.3 Å². The van der Waals surface area contributed by atoms with Crippen LogP contribution in [-0.2, 0) is 11.3 Å². The van der Waals surface area contributed by atoms with Gasteiger partial charge in [-0.2, -0.15) is 0 Å². The molecule has 0 aliphatic carbocycles. The van der Waals surface area contributed by atoms with E-state index in [9.17, 15) is 4.79 Å². The number of ether oxygens (including phenoxy) is 1. The Morgan fingerprint density at radius 2 is 1.81 bits per heavy atom. The standard InChI is InChI=1S/C23H39N5O2.HI/c1-5-6-11-25-22(29)20-9-7-19(8-10-20)16-26-23(24-4)27-17-21(18(2)3)28-12-14-30-15-13-28;/h7-10,18,21H,5-6,11-17H2,1-4H3,(H,25,29)(H2,24,26,27);1H. The zero-order valence-corrected chi connectivity index (χ0v) is 21.8. The van der Waals surface area contributed by atoms with Crippen LogP contribution in [-0.4, -0.2) is 69.2 Å². The number of guanidine groups is 1. The number of morpholine rings is 1. The third-order valence-corrected chi connectivity index (χ3v) is 5.48. The first kappa shape index (κ1) is 27.6. The molecule has 31 heavy (non-hydrogen) atoms. The maximum Gasteiger partial charge on any atom is 0.251 e. The van der Waals surface area contributed by atoms with Crippen molar-refractivity contribution in [3.63, 3.8) is 0 Å². The van der Waals surface area contributed by atoms with E-state index in [0.29, 0.717) is 24.1 Å². The average Bonchev–Trinajstić information content (AvgIpc) is 2.77. The fourth-order valence-electron chi connectivity index (χ4n) is 3.56. The zero-order valence-electron chi connectivity index (χ0n) is 19.4. The highest BCUT2D eigenvalue weighted by molar-refractivity contribution is 14.0. The fourth-order valence-corrected chi connectivity index (χ4v) is 3.56. The average molecular weight is 546 g/mol. The molecular weight excluding hydrogens is 505 g/mol. The van der Waals surface area contributed by atoms with Crippen LogP contribution in [0.2, 0.25) is 0 Å². The summed E-state index contributed by atoms with van der Waals surface area (Å²) in [6.07, 6.45) is 2.08. The van der Waals surface area contributed by atoms with Crippen LogP contribution < -0.4 is 16.0 Å². The van der Waals surface area contributed by atoms with E-state index in [2.05, 4.69) is 46.6 Å². The van der Waals surface area contributed by atoms with Crippen molar-refractivity contribution in [1.82, 2.24) is 20.9 Å². The summed E-state index contributed by atoms with van der Waals surface area (Å²) in [5.74, 6) is 1.32. The molecule has 1 unspecified atom stereocenters. The van der Waals surface area contributed by atoms with E-state index in [0.717, 1.165) is 63.8 Å². The summed E-state index contributed by atoms with van der Waals surface area (Å²) < 4.78 is 5.49. The Labute approximate surface area is 204 Å². The molecule has 1 aromatic carbocycles. The number of hydrogen-bond acceptors (Lipinski definition) is 4. The van der Waals surface area contributed by atoms with E-state index in [1.807, 2.05) is 24.3 Å². The molecule has 3 N–H and O–H groups in total. The maximum atomic E-state index is 12.1. The molecule has 8 heteroatoms. The third kappa shape index (κ3) is 9.74. The van der Waals surface area contributed by atoms with Crippen LogP contribution in [0.5, 0.6) is 0 Å². The number of aliphatic imine (C=N–C) groups is 1. The Morgan fingerprint density at radius 1 is 1.13 bits per heavy atom. The number of halogens is 1. The number of carbonyl (C=O) groups is 1. The van der Waals surface area contributed by atoms with Gasteiger partial charge >= 0.3 is 0 Å². The second-order valence-electron chi connectivity index (χ2n) is 8.07. The van der Waals surface area contributed by atoms with Gasteiger partial charge in [0.25, 0.3) is 5.91 Å². The van der Waals surface area contributed by atoms with Crippen molar-refractivity contribution >= 4 is 35.8 Å². The molecule has 1 saturated heterocycles. The molecule has 7 nitrogen and oxygen atoms in total. The number of nitrogens with one attached hydrogen (secondary N) is 3. The molecule has 2 rings (SSSR count). The molecule has 1 amide bonds. The molecule has 0 bridgehead atoms. The van der Waals surface area contributed by atoms with Gasteiger partial charge in [0.15, 0.2) is 5.96 Å². The van der Waals surface area contributed by atoms with Crippen LogP contribution >= 0.6 is 24.0 Å². The normalized spacial score (nSPS) is 15.8. The number of benzene rings is 1. The Hall–Kier alpha value is -1.39. The van der Waals surface area contributed by atoms with Gasteiger partial charge in [-0.05, 0) is 30.0 Å². The van der Waals surface area contributed by atoms with Crippen LogP contribution in [0, 0.1) is 5.92 Å². The highest BCUT2D eigenvalue weighted by Gasteiger charge is 2.23. The molecule has 176 valence electrons. The molecule has 1 aromatic rings. The molecule has 1 aliphatic rings. The molecule has 0 spiro atoms. The van der Waals surface area contributed by atoms with Crippen molar-refractivity contribution < 1.29 is 9.53 Å². The fraction of sp³-hybridized carbons (Fsp3) is 0.652. The molecule has 1 aliphatic heterocycles. The van der Waals surface area contributed by atoms with Gasteiger partial charge < -0.3 is 20.7 Å². The summed E-state index contributed by atoms with van der Waals surface area (Å²) in [5, 5.41) is 9.78. The minimum atomic E-state index is -0.0109. The zero-order chi connectivity index (χ0) is 21.8. The minimum Gasteiger partial charge on any atom is -0.379 e. The Bertz CT molecular complexity index is 660. The Kier molecular flexibility index (Phi) is 13.7. The number of nitrogens with zero attached hydrogens (tertiary/aromatic N) is 2. The van der Waals surface area contributed by atoms with Crippen molar-refractivity contribution in [1.29, 1.82) is 0 Å². The van der Waals surface area contributed by atoms with Crippen molar-refractivity contribution in [2.75, 3.05) is 46.4 Å². The molecule has 1 atom stereocenters. The van der Waals surface area contributed by atoms with Gasteiger partial charge in [0.2, 0.25) is 0 Å². The van der Waals surface area contributed by atoms with Crippen LogP contribution in [0.4, 0.5) is 0 Å². The lowest BCUT2D eigenvalue weighted by atomic mass is 10.0. The summed E-state index contributed by atoms with van der Waals surface area (Å²) in [5.41, 5.74) is 1.80. The van der Waals surface area contributed by atoms with Crippen LogP contribution in [0.1, 0.15) is 49.5 Å². The van der Waals surface area contributed by atoms with Crippen molar-refractivity contribution in [2.45, 2.75) is 46.2 Å². The highest BCUT2D eigenvalue weighted by atomic mass is 127. The number of amides is 1. The molecule has 0 saturated carbocycles. The van der Waals surface area contributed by atoms with E-state index in [4.69, 9.17) is 4.74 Å². The minimum absolute atomic E-state index is 0. The monoisotopic (exact) mass is 545 g/mol. The summed E-state index contributed by atoms with van der Waals surface area (Å²) >= 11 is 0. The van der Waals surface area contributed by atoms with Gasteiger partial charge in [-0.15, -0.1) is 24.0 Å². The predicted octanol–water partition coefficient (Wildman–Crippen LogP) is 2.86. The maximum absolute atomic E-state index is 12.1. The van der Waals surface area contributed by atoms with Crippen molar-refractivity contribution in [3.05, 3.63) is 35.4 Å². The Morgan fingerprint density at radius 3 is 2.39 bits per heavy atom. The van der Waals surface area contributed by atoms with Gasteiger partial charge in [0.1, 0.15) is 0 Å². The third-order valence-electron chi connectivity index (χ3n) is 5.48. The molecule has 1 fully saturated rings. The number of unbranched alkanes of at least 4 members (excludes halogenated alkanes) is 1. The van der Waals surface area contributed by atoms with E-state index in [1.54, 1.807) is 7.05 Å². The summed E-state index contributed by atoms with van der Waals surface area (Å²) in [4.78, 5) is 19.0. The van der Waals surface area contributed by atoms with Gasteiger partial charge in [-0.1, -0.05) is 39.3 Å². The van der Waals surface area contributed by atoms with Crippen LogP contribution in [0.3, 0.4) is 0 Å². The highest BCUT2D eigenvalue weighted by Crippen LogP contribution is 2.12. The first-order valence-corrected chi connectivity index (χ1v) is 11.2. The first-order valence-electron chi connectivity index (χ1n) is 11.2. The number of carbonyl (C=O) groups excluding carboxylic acids is 1. The molecule has 1 heterocycles. The van der Waals surface area contributed by atoms with E-state index < -0.39 is 0 Å². The van der Waals surface area contributed by atoms with E-state index >= 15 is 0 Å². The lowest BCUT2D eigenvalue weighted by molar-refractivity contribution is 0.00752. The van der Waals surface area contributed by atoms with E-state index in [-0.39, 0.29) is 29.9 Å². The molecule has 0 radical (unpaired) electrons.